The van der Waals surface area contributed by atoms with Crippen molar-refractivity contribution >= 4 is 51.5 Å². The van der Waals surface area contributed by atoms with Gasteiger partial charge in [-0.15, -0.1) is 0 Å². The van der Waals surface area contributed by atoms with Gasteiger partial charge in [0.2, 0.25) is 5.15 Å². The summed E-state index contributed by atoms with van der Waals surface area (Å²) >= 11 is 7.83. The minimum atomic E-state index is -0.719. The fraction of sp³-hybridized carbons (Fsp3) is 0.0769. The lowest BCUT2D eigenvalue weighted by molar-refractivity contribution is -0.385. The number of nitrogens with one attached hydrogen (secondary N) is 1. The first-order valence-electron chi connectivity index (χ1n) is 5.76. The van der Waals surface area contributed by atoms with E-state index < -0.39 is 16.5 Å². The molecule has 21 heavy (non-hydrogen) atoms. The maximum Gasteiger partial charge on any atom is 0.319 e. The number of aromatic nitrogens is 1. The van der Waals surface area contributed by atoms with Gasteiger partial charge >= 0.3 is 5.69 Å². The summed E-state index contributed by atoms with van der Waals surface area (Å²) in [6.45, 7) is 1.95. The number of hydrogen-bond acceptors (Lipinski definition) is 4. The molecule has 0 fully saturated rings. The van der Waals surface area contributed by atoms with Crippen molar-refractivity contribution in [2.24, 2.45) is 0 Å². The predicted octanol–water partition coefficient (Wildman–Crippen LogP) is 3.81. The second-order valence-corrected chi connectivity index (χ2v) is 5.69. The Hall–Kier alpha value is -1.74. The molecule has 1 aromatic heterocycles. The number of amides is 1. The number of halogens is 2. The molecule has 1 heterocycles. The summed E-state index contributed by atoms with van der Waals surface area (Å²) in [7, 11) is 0. The second-order valence-electron chi connectivity index (χ2n) is 4.17. The molecule has 0 radical (unpaired) electrons. The van der Waals surface area contributed by atoms with Crippen molar-refractivity contribution < 1.29 is 9.72 Å². The van der Waals surface area contributed by atoms with Crippen LogP contribution >= 0.6 is 34.2 Å². The van der Waals surface area contributed by atoms with Crippen LogP contribution in [0.25, 0.3) is 0 Å². The molecule has 0 atom stereocenters. The third kappa shape index (κ3) is 3.48. The lowest BCUT2D eigenvalue weighted by Crippen LogP contribution is -2.14. The summed E-state index contributed by atoms with van der Waals surface area (Å²) in [4.78, 5) is 26.1. The fourth-order valence-electron chi connectivity index (χ4n) is 1.65. The largest absolute Gasteiger partial charge is 0.322 e. The van der Waals surface area contributed by atoms with Gasteiger partial charge in [-0.05, 0) is 53.3 Å². The molecule has 6 nitrogen and oxygen atoms in total. The van der Waals surface area contributed by atoms with Crippen LogP contribution in [0.3, 0.4) is 0 Å². The van der Waals surface area contributed by atoms with Crippen molar-refractivity contribution in [3.8, 4) is 0 Å². The Balaban J connectivity index is 2.35. The zero-order chi connectivity index (χ0) is 15.6. The first kappa shape index (κ1) is 15.6. The standard InChI is InChI=1S/C13H9ClIN3O3/c1-7-2-3-8(6-10(7)15)17-13(19)9-4-5-16-12(14)11(9)18(20)21/h2-6H,1H3,(H,17,19). The Kier molecular flexibility index (Phi) is 4.73. The predicted molar refractivity (Wildman–Crippen MR) is 87.8 cm³/mol. The third-order valence-corrected chi connectivity index (χ3v) is 4.18. The number of pyridine rings is 1. The summed E-state index contributed by atoms with van der Waals surface area (Å²) in [6.07, 6.45) is 1.25. The van der Waals surface area contributed by atoms with Crippen LogP contribution in [0.2, 0.25) is 5.15 Å². The number of hydrogen-bond donors (Lipinski definition) is 1. The van der Waals surface area contributed by atoms with Crippen LogP contribution in [0.1, 0.15) is 15.9 Å². The molecule has 2 rings (SSSR count). The summed E-state index contributed by atoms with van der Waals surface area (Å²) in [5.41, 5.74) is 0.998. The smallest absolute Gasteiger partial charge is 0.319 e. The molecule has 2 aromatic rings. The van der Waals surface area contributed by atoms with E-state index in [2.05, 4.69) is 32.9 Å². The number of benzene rings is 1. The molecule has 0 aliphatic carbocycles. The van der Waals surface area contributed by atoms with E-state index in [0.717, 1.165) is 9.13 Å². The maximum absolute atomic E-state index is 12.2. The van der Waals surface area contributed by atoms with Gasteiger partial charge in [-0.25, -0.2) is 4.98 Å². The van der Waals surface area contributed by atoms with Crippen LogP contribution in [0.5, 0.6) is 0 Å². The average Bonchev–Trinajstić information content (AvgIpc) is 2.42. The molecule has 0 saturated heterocycles. The third-order valence-electron chi connectivity index (χ3n) is 2.74. The topological polar surface area (TPSA) is 85.1 Å². The van der Waals surface area contributed by atoms with E-state index in [0.29, 0.717) is 5.69 Å². The number of nitrogens with zero attached hydrogens (tertiary/aromatic N) is 2. The van der Waals surface area contributed by atoms with E-state index in [1.54, 1.807) is 12.1 Å². The quantitative estimate of drug-likeness (QED) is 0.356. The molecule has 0 bridgehead atoms. The average molecular weight is 418 g/mol. The van der Waals surface area contributed by atoms with Gasteiger partial charge in [0.15, 0.2) is 0 Å². The Morgan fingerprint density at radius 3 is 2.76 bits per heavy atom. The molecule has 108 valence electrons. The lowest BCUT2D eigenvalue weighted by atomic mass is 10.2. The molecule has 1 amide bonds. The molecular formula is C13H9ClIN3O3. The van der Waals surface area contributed by atoms with E-state index in [4.69, 9.17) is 11.6 Å². The van der Waals surface area contributed by atoms with Crippen LogP contribution < -0.4 is 5.32 Å². The van der Waals surface area contributed by atoms with Crippen molar-refractivity contribution in [2.45, 2.75) is 6.92 Å². The zero-order valence-electron chi connectivity index (χ0n) is 10.8. The number of carbonyl (C=O) groups is 1. The van der Waals surface area contributed by atoms with Crippen LogP contribution in [0.4, 0.5) is 11.4 Å². The van der Waals surface area contributed by atoms with Crippen LogP contribution in [-0.2, 0) is 0 Å². The fourth-order valence-corrected chi connectivity index (χ4v) is 2.40. The SMILES string of the molecule is Cc1ccc(NC(=O)c2ccnc(Cl)c2[N+](=O)[O-])cc1I. The molecule has 0 unspecified atom stereocenters. The highest BCUT2D eigenvalue weighted by Gasteiger charge is 2.24. The number of rotatable bonds is 3. The number of nitro groups is 1. The summed E-state index contributed by atoms with van der Waals surface area (Å²) in [5, 5.41) is 13.3. The summed E-state index contributed by atoms with van der Waals surface area (Å²) in [5.74, 6) is -0.606. The van der Waals surface area contributed by atoms with Crippen molar-refractivity contribution in [1.29, 1.82) is 0 Å². The Morgan fingerprint density at radius 2 is 2.14 bits per heavy atom. The molecule has 0 aliphatic heterocycles. The highest BCUT2D eigenvalue weighted by atomic mass is 127. The number of carbonyl (C=O) groups excluding carboxylic acids is 1. The molecule has 1 aromatic carbocycles. The molecule has 8 heteroatoms. The molecular weight excluding hydrogens is 409 g/mol. The van der Waals surface area contributed by atoms with Gasteiger partial charge in [0, 0.05) is 15.5 Å². The highest BCUT2D eigenvalue weighted by molar-refractivity contribution is 14.1. The van der Waals surface area contributed by atoms with Crippen LogP contribution in [0.15, 0.2) is 30.5 Å². The van der Waals surface area contributed by atoms with E-state index in [-0.39, 0.29) is 10.7 Å². The van der Waals surface area contributed by atoms with Gasteiger partial charge in [0.1, 0.15) is 5.56 Å². The Labute approximate surface area is 138 Å². The number of anilines is 1. The van der Waals surface area contributed by atoms with E-state index in [1.165, 1.54) is 12.3 Å². The van der Waals surface area contributed by atoms with Crippen molar-refractivity contribution in [3.63, 3.8) is 0 Å². The van der Waals surface area contributed by atoms with E-state index in [1.807, 2.05) is 13.0 Å². The van der Waals surface area contributed by atoms with Crippen molar-refractivity contribution in [3.05, 3.63) is 60.4 Å². The lowest BCUT2D eigenvalue weighted by Gasteiger charge is -2.07. The maximum atomic E-state index is 12.2. The Morgan fingerprint density at radius 1 is 1.43 bits per heavy atom. The summed E-state index contributed by atoms with van der Waals surface area (Å²) < 4.78 is 0.979. The monoisotopic (exact) mass is 417 g/mol. The van der Waals surface area contributed by atoms with Gasteiger partial charge in [-0.1, -0.05) is 17.7 Å². The first-order valence-corrected chi connectivity index (χ1v) is 7.22. The molecule has 0 saturated carbocycles. The number of aryl methyl sites for hydroxylation is 1. The van der Waals surface area contributed by atoms with Gasteiger partial charge < -0.3 is 5.32 Å². The van der Waals surface area contributed by atoms with Gasteiger partial charge in [0.25, 0.3) is 5.91 Å². The molecule has 0 aliphatic rings. The molecule has 0 spiro atoms. The van der Waals surface area contributed by atoms with Gasteiger partial charge in [0.05, 0.1) is 4.92 Å². The highest BCUT2D eigenvalue weighted by Crippen LogP contribution is 2.27. The zero-order valence-corrected chi connectivity index (χ0v) is 13.7. The van der Waals surface area contributed by atoms with Crippen LogP contribution in [-0.4, -0.2) is 15.8 Å². The van der Waals surface area contributed by atoms with Gasteiger partial charge in [-0.2, -0.15) is 0 Å². The van der Waals surface area contributed by atoms with Crippen molar-refractivity contribution in [2.75, 3.05) is 5.32 Å². The Bertz CT molecular complexity index is 737. The molecule has 1 N–H and O–H groups in total. The summed E-state index contributed by atoms with van der Waals surface area (Å²) in [6, 6.07) is 6.62. The minimum Gasteiger partial charge on any atom is -0.322 e. The first-order chi connectivity index (χ1) is 9.90. The minimum absolute atomic E-state index is 0.129. The normalized spacial score (nSPS) is 10.2. The van der Waals surface area contributed by atoms with Crippen molar-refractivity contribution in [1.82, 2.24) is 4.98 Å². The van der Waals surface area contributed by atoms with Gasteiger partial charge in [-0.3, -0.25) is 14.9 Å². The van der Waals surface area contributed by atoms with Crippen LogP contribution in [0, 0.1) is 20.6 Å². The second kappa shape index (κ2) is 6.35. The van der Waals surface area contributed by atoms with E-state index >= 15 is 0 Å². The van der Waals surface area contributed by atoms with E-state index in [9.17, 15) is 14.9 Å².